The van der Waals surface area contributed by atoms with Crippen LogP contribution in [0.3, 0.4) is 0 Å². The van der Waals surface area contributed by atoms with E-state index in [4.69, 9.17) is 26.3 Å². The highest BCUT2D eigenvalue weighted by Crippen LogP contribution is 2.35. The average molecular weight is 683 g/mol. The molecule has 49 heavy (non-hydrogen) atoms. The van der Waals surface area contributed by atoms with E-state index in [2.05, 4.69) is 39.5 Å². The van der Waals surface area contributed by atoms with Gasteiger partial charge >= 0.3 is 5.97 Å². The summed E-state index contributed by atoms with van der Waals surface area (Å²) in [5, 5.41) is 10.5. The quantitative estimate of drug-likeness (QED) is 0.152. The van der Waals surface area contributed by atoms with Crippen LogP contribution in [0.15, 0.2) is 79.0 Å². The van der Waals surface area contributed by atoms with Crippen LogP contribution in [0.25, 0.3) is 0 Å². The van der Waals surface area contributed by atoms with E-state index in [1.807, 2.05) is 72.8 Å². The fourth-order valence-corrected chi connectivity index (χ4v) is 6.22. The second-order valence-electron chi connectivity index (χ2n) is 14.3. The molecule has 0 saturated carbocycles. The normalized spacial score (nSPS) is 14.7. The van der Waals surface area contributed by atoms with Crippen molar-refractivity contribution in [1.29, 1.82) is 0 Å². The molecule has 1 aliphatic rings. The number of amides is 1. The van der Waals surface area contributed by atoms with Crippen molar-refractivity contribution < 1.29 is 19.4 Å². The van der Waals surface area contributed by atoms with E-state index in [1.165, 1.54) is 4.90 Å². The number of aromatic nitrogens is 2. The Labute approximate surface area is 295 Å². The molecule has 1 fully saturated rings. The van der Waals surface area contributed by atoms with Crippen molar-refractivity contribution in [3.8, 4) is 5.75 Å². The summed E-state index contributed by atoms with van der Waals surface area (Å²) in [7, 11) is 0. The van der Waals surface area contributed by atoms with Crippen LogP contribution < -0.4 is 9.64 Å². The number of carboxylic acid groups (broad SMARTS) is 1. The average Bonchev–Trinajstić information content (AvgIpc) is 3.56. The molecule has 1 atom stereocenters. The molecule has 1 amide bonds. The van der Waals surface area contributed by atoms with Gasteiger partial charge < -0.3 is 19.6 Å². The minimum atomic E-state index is -1.08. The van der Waals surface area contributed by atoms with Gasteiger partial charge in [-0.1, -0.05) is 94.8 Å². The third-order valence-electron chi connectivity index (χ3n) is 8.81. The highest BCUT2D eigenvalue weighted by molar-refractivity contribution is 6.30. The Morgan fingerprint density at radius 1 is 0.980 bits per heavy atom. The second-order valence-corrected chi connectivity index (χ2v) is 14.7. The maximum absolute atomic E-state index is 14.2. The smallest absolute Gasteiger partial charge is 0.323 e. The fraction of sp³-hybridized carbons (Fsp3) is 0.400. The molecular weight excluding hydrogens is 636 g/mol. The zero-order valence-electron chi connectivity index (χ0n) is 29.2. The van der Waals surface area contributed by atoms with Gasteiger partial charge in [-0.25, -0.2) is 9.97 Å². The summed E-state index contributed by atoms with van der Waals surface area (Å²) >= 11 is 6.18. The van der Waals surface area contributed by atoms with Crippen molar-refractivity contribution in [3.63, 3.8) is 0 Å². The van der Waals surface area contributed by atoms with Gasteiger partial charge in [0.15, 0.2) is 0 Å². The Morgan fingerprint density at radius 3 is 2.29 bits per heavy atom. The Morgan fingerprint density at radius 2 is 1.65 bits per heavy atom. The van der Waals surface area contributed by atoms with Crippen molar-refractivity contribution >= 4 is 29.4 Å². The molecule has 5 rings (SSSR count). The van der Waals surface area contributed by atoms with Gasteiger partial charge in [0.25, 0.3) is 5.91 Å². The first kappa shape index (κ1) is 35.9. The lowest BCUT2D eigenvalue weighted by molar-refractivity contribution is -0.137. The van der Waals surface area contributed by atoms with Gasteiger partial charge in [-0.3, -0.25) is 9.59 Å². The molecule has 9 heteroatoms. The highest BCUT2D eigenvalue weighted by Gasteiger charge is 2.30. The van der Waals surface area contributed by atoms with Crippen molar-refractivity contribution in [2.24, 2.45) is 5.92 Å². The molecule has 1 unspecified atom stereocenters. The van der Waals surface area contributed by atoms with Crippen LogP contribution in [-0.4, -0.2) is 51.5 Å². The predicted octanol–water partition coefficient (Wildman–Crippen LogP) is 8.32. The van der Waals surface area contributed by atoms with E-state index in [9.17, 15) is 14.7 Å². The summed E-state index contributed by atoms with van der Waals surface area (Å²) in [5.41, 5.74) is 5.12. The number of anilines is 1. The lowest BCUT2D eigenvalue weighted by Gasteiger charge is -2.27. The van der Waals surface area contributed by atoms with Crippen molar-refractivity contribution in [1.82, 2.24) is 14.9 Å². The molecule has 3 aromatic carbocycles. The predicted molar refractivity (Wildman–Crippen MR) is 195 cm³/mol. The Bertz CT molecular complexity index is 1720. The van der Waals surface area contributed by atoms with Crippen LogP contribution >= 0.6 is 11.6 Å². The molecule has 1 N–H and O–H groups in total. The van der Waals surface area contributed by atoms with E-state index in [-0.39, 0.29) is 18.0 Å². The van der Waals surface area contributed by atoms with Crippen LogP contribution in [0.1, 0.15) is 91.8 Å². The number of halogens is 1. The molecule has 258 valence electrons. The van der Waals surface area contributed by atoms with Gasteiger partial charge in [0.1, 0.15) is 12.3 Å². The second kappa shape index (κ2) is 15.9. The summed E-state index contributed by atoms with van der Waals surface area (Å²) in [6, 6.07) is 24.0. The molecule has 1 aromatic heterocycles. The van der Waals surface area contributed by atoms with Gasteiger partial charge in [-0.2, -0.15) is 0 Å². The summed E-state index contributed by atoms with van der Waals surface area (Å²) < 4.78 is 5.86. The van der Waals surface area contributed by atoms with Crippen molar-refractivity contribution in [3.05, 3.63) is 118 Å². The molecule has 0 radical (unpaired) electrons. The molecule has 0 aliphatic carbocycles. The Hall–Kier alpha value is -4.43. The lowest BCUT2D eigenvalue weighted by atomic mass is 9.87. The maximum atomic E-state index is 14.2. The van der Waals surface area contributed by atoms with E-state index in [0.29, 0.717) is 47.6 Å². The highest BCUT2D eigenvalue weighted by atomic mass is 35.5. The van der Waals surface area contributed by atoms with Gasteiger partial charge in [0.2, 0.25) is 5.95 Å². The lowest BCUT2D eigenvalue weighted by Crippen LogP contribution is -2.36. The Balaban J connectivity index is 1.44. The van der Waals surface area contributed by atoms with Gasteiger partial charge in [-0.15, -0.1) is 0 Å². The number of hydrogen-bond donors (Lipinski definition) is 1. The molecular formula is C40H47ClN4O4. The number of rotatable bonds is 13. The largest absolute Gasteiger partial charge is 0.493 e. The summed E-state index contributed by atoms with van der Waals surface area (Å²) in [6.45, 7) is 11.8. The number of carboxylic acids is 1. The molecule has 4 aromatic rings. The van der Waals surface area contributed by atoms with Crippen LogP contribution in [0.4, 0.5) is 5.95 Å². The van der Waals surface area contributed by atoms with Crippen LogP contribution in [0.5, 0.6) is 5.75 Å². The third-order valence-corrected chi connectivity index (χ3v) is 9.07. The first-order chi connectivity index (χ1) is 23.4. The molecule has 2 heterocycles. The third kappa shape index (κ3) is 9.60. The van der Waals surface area contributed by atoms with Gasteiger partial charge in [-0.05, 0) is 83.5 Å². The molecule has 0 bridgehead atoms. The van der Waals surface area contributed by atoms with E-state index in [1.54, 1.807) is 6.20 Å². The number of carbonyl (C=O) groups excluding carboxylic acids is 1. The number of aryl methyl sites for hydroxylation is 2. The summed E-state index contributed by atoms with van der Waals surface area (Å²) in [5.74, 6) is 0.322. The minimum Gasteiger partial charge on any atom is -0.493 e. The van der Waals surface area contributed by atoms with Crippen LogP contribution in [-0.2, 0) is 29.6 Å². The maximum Gasteiger partial charge on any atom is 0.323 e. The number of benzene rings is 3. The van der Waals surface area contributed by atoms with E-state index < -0.39 is 18.4 Å². The number of hydrogen-bond acceptors (Lipinski definition) is 6. The standard InChI is InChI=1S/C40H47ClN4O4/c1-27(2)26-49-33-19-10-28(11-20-33)12-21-35-34(23-42-39(43-35)45-22-6-7-36(45)30-13-17-32(41)18-14-30)38(48)44(25-37(46)47)24-29-8-15-31(16-9-29)40(3,4)5/h8-11,13-20,23,27,36H,6-7,12,21-22,24-26H2,1-5H3,(H,46,47). The van der Waals surface area contributed by atoms with Crippen molar-refractivity contribution in [2.75, 3.05) is 24.6 Å². The molecule has 8 nitrogen and oxygen atoms in total. The first-order valence-electron chi connectivity index (χ1n) is 17.1. The van der Waals surface area contributed by atoms with E-state index >= 15 is 0 Å². The zero-order chi connectivity index (χ0) is 35.1. The molecule has 0 spiro atoms. The fourth-order valence-electron chi connectivity index (χ4n) is 6.09. The topological polar surface area (TPSA) is 95.9 Å². The van der Waals surface area contributed by atoms with Crippen LogP contribution in [0.2, 0.25) is 5.02 Å². The SMILES string of the molecule is CC(C)COc1ccc(CCc2nc(N3CCCC3c3ccc(Cl)cc3)ncc2C(=O)N(CC(=O)O)Cc2ccc(C(C)(C)C)cc2)cc1. The first-order valence-corrected chi connectivity index (χ1v) is 17.5. The van der Waals surface area contributed by atoms with Crippen molar-refractivity contribution in [2.45, 2.75) is 78.3 Å². The monoisotopic (exact) mass is 682 g/mol. The number of nitrogens with zero attached hydrogens (tertiary/aromatic N) is 4. The Kier molecular flexibility index (Phi) is 11.6. The summed E-state index contributed by atoms with van der Waals surface area (Å²) in [6.07, 6.45) is 4.63. The van der Waals surface area contributed by atoms with Gasteiger partial charge in [0, 0.05) is 24.3 Å². The molecule has 1 saturated heterocycles. The minimum absolute atomic E-state index is 0.0214. The summed E-state index contributed by atoms with van der Waals surface area (Å²) in [4.78, 5) is 39.5. The number of carbonyl (C=O) groups is 2. The van der Waals surface area contributed by atoms with E-state index in [0.717, 1.165) is 47.4 Å². The number of aliphatic carboxylic acids is 1. The van der Waals surface area contributed by atoms with Gasteiger partial charge in [0.05, 0.1) is 23.9 Å². The zero-order valence-corrected chi connectivity index (χ0v) is 29.9. The molecule has 1 aliphatic heterocycles. The number of ether oxygens (including phenoxy) is 1. The van der Waals surface area contributed by atoms with Crippen LogP contribution in [0, 0.1) is 5.92 Å².